The molecule has 1 aliphatic heterocycles. The van der Waals surface area contributed by atoms with Gasteiger partial charge in [0.15, 0.2) is 28.3 Å². The van der Waals surface area contributed by atoms with Gasteiger partial charge in [-0.2, -0.15) is 0 Å². The second-order valence-corrected chi connectivity index (χ2v) is 8.73. The number of methoxy groups -OCH3 is 1. The highest BCUT2D eigenvalue weighted by atomic mass is 35.5. The minimum atomic E-state index is -0.717. The van der Waals surface area contributed by atoms with Gasteiger partial charge < -0.3 is 24.7 Å². The summed E-state index contributed by atoms with van der Waals surface area (Å²) in [7, 11) is 3.05. The van der Waals surface area contributed by atoms with E-state index in [-0.39, 0.29) is 42.1 Å². The Bertz CT molecular complexity index is 1270. The number of anilines is 1. The molecule has 1 fully saturated rings. The fourth-order valence-corrected chi connectivity index (χ4v) is 4.11. The molecule has 0 bridgehead atoms. The van der Waals surface area contributed by atoms with Gasteiger partial charge in [-0.15, -0.1) is 10.2 Å². The highest BCUT2D eigenvalue weighted by molar-refractivity contribution is 7.80. The maximum absolute atomic E-state index is 14.9. The molecule has 2 N–H and O–H groups in total. The quantitative estimate of drug-likeness (QED) is 0.405. The zero-order chi connectivity index (χ0) is 25.8. The summed E-state index contributed by atoms with van der Waals surface area (Å²) in [6, 6.07) is 8.75. The lowest BCUT2D eigenvalue weighted by molar-refractivity contribution is -0.130. The van der Waals surface area contributed by atoms with Gasteiger partial charge in [0, 0.05) is 24.2 Å². The van der Waals surface area contributed by atoms with Crippen molar-refractivity contribution in [2.45, 2.75) is 19.1 Å². The number of hydrogen-bond donors (Lipinski definition) is 2. The summed E-state index contributed by atoms with van der Waals surface area (Å²) in [6.07, 6.45) is 1.53. The highest BCUT2D eigenvalue weighted by Gasteiger charge is 2.41. The van der Waals surface area contributed by atoms with Gasteiger partial charge in [-0.05, 0) is 54.2 Å². The number of nitrogens with zero attached hydrogens (tertiary/aromatic N) is 4. The first-order valence-corrected chi connectivity index (χ1v) is 11.5. The van der Waals surface area contributed by atoms with Crippen LogP contribution < -0.4 is 14.8 Å². The van der Waals surface area contributed by atoms with Crippen molar-refractivity contribution in [1.82, 2.24) is 25.0 Å². The van der Waals surface area contributed by atoms with Crippen LogP contribution in [0.25, 0.3) is 0 Å². The van der Waals surface area contributed by atoms with Gasteiger partial charge in [-0.1, -0.05) is 11.6 Å². The van der Waals surface area contributed by atoms with Gasteiger partial charge in [0.1, 0.15) is 25.5 Å². The van der Waals surface area contributed by atoms with Crippen molar-refractivity contribution in [2.75, 3.05) is 26.0 Å². The molecule has 1 atom stereocenters. The van der Waals surface area contributed by atoms with Crippen LogP contribution >= 0.6 is 23.8 Å². The molecule has 2 amide bonds. The van der Waals surface area contributed by atoms with E-state index in [0.717, 1.165) is 0 Å². The minimum Gasteiger partial charge on any atom is -0.493 e. The summed E-state index contributed by atoms with van der Waals surface area (Å²) in [5, 5.41) is 10.9. The SMILES string of the molecule is COc1cc(CC2C(=O)N(CC(=O)Nc3ccc(Cl)cc3)C(=S)N2C)cc(F)c1OCc1nnc[nH]1. The van der Waals surface area contributed by atoms with Crippen molar-refractivity contribution in [3.8, 4) is 11.5 Å². The lowest BCUT2D eigenvalue weighted by atomic mass is 10.0. The number of benzene rings is 2. The molecule has 36 heavy (non-hydrogen) atoms. The molecule has 0 radical (unpaired) electrons. The fraction of sp³-hybridized carbons (Fsp3) is 0.261. The van der Waals surface area contributed by atoms with Crippen LogP contribution in [0.15, 0.2) is 42.7 Å². The van der Waals surface area contributed by atoms with Crippen molar-refractivity contribution < 1.29 is 23.5 Å². The molecule has 3 aromatic rings. The molecule has 1 aromatic heterocycles. The highest BCUT2D eigenvalue weighted by Crippen LogP contribution is 2.33. The molecule has 188 valence electrons. The van der Waals surface area contributed by atoms with Crippen LogP contribution in [0, 0.1) is 5.82 Å². The summed E-state index contributed by atoms with van der Waals surface area (Å²) < 4.78 is 25.7. The van der Waals surface area contributed by atoms with E-state index in [1.165, 1.54) is 24.4 Å². The second kappa shape index (κ2) is 10.9. The number of carbonyl (C=O) groups excluding carboxylic acids is 2. The van der Waals surface area contributed by atoms with Crippen molar-refractivity contribution in [3.05, 3.63) is 65.0 Å². The number of halogens is 2. The zero-order valence-corrected chi connectivity index (χ0v) is 20.9. The minimum absolute atomic E-state index is 0.0300. The normalized spacial score (nSPS) is 15.4. The predicted octanol–water partition coefficient (Wildman–Crippen LogP) is 2.79. The third-order valence-corrected chi connectivity index (χ3v) is 6.28. The fourth-order valence-electron chi connectivity index (χ4n) is 3.71. The molecule has 13 heteroatoms. The number of aromatic amines is 1. The van der Waals surface area contributed by atoms with Crippen molar-refractivity contribution >= 4 is 46.4 Å². The maximum Gasteiger partial charge on any atom is 0.252 e. The van der Waals surface area contributed by atoms with E-state index < -0.39 is 17.8 Å². The first kappa shape index (κ1) is 25.3. The van der Waals surface area contributed by atoms with Gasteiger partial charge in [-0.3, -0.25) is 14.5 Å². The summed E-state index contributed by atoms with van der Waals surface area (Å²) in [5.74, 6) is -0.924. The lowest BCUT2D eigenvalue weighted by Crippen LogP contribution is -2.38. The molecule has 1 aliphatic rings. The van der Waals surface area contributed by atoms with Gasteiger partial charge in [0.05, 0.1) is 7.11 Å². The molecule has 2 heterocycles. The molecule has 1 saturated heterocycles. The molecular weight excluding hydrogens is 511 g/mol. The molecular formula is C23H22ClFN6O4S. The van der Waals surface area contributed by atoms with E-state index in [4.69, 9.17) is 33.3 Å². The van der Waals surface area contributed by atoms with Crippen molar-refractivity contribution in [3.63, 3.8) is 0 Å². The van der Waals surface area contributed by atoms with Crippen LogP contribution in [0.1, 0.15) is 11.4 Å². The van der Waals surface area contributed by atoms with Crippen LogP contribution in [-0.2, 0) is 22.6 Å². The predicted molar refractivity (Wildman–Crippen MR) is 133 cm³/mol. The number of hydrogen-bond acceptors (Lipinski definition) is 7. The Labute approximate surface area is 216 Å². The monoisotopic (exact) mass is 532 g/mol. The molecule has 1 unspecified atom stereocenters. The number of H-pyrrole nitrogens is 1. The first-order valence-electron chi connectivity index (χ1n) is 10.7. The van der Waals surface area contributed by atoms with Gasteiger partial charge in [-0.25, -0.2) is 4.39 Å². The Morgan fingerprint density at radius 2 is 2.06 bits per heavy atom. The van der Waals surface area contributed by atoms with Gasteiger partial charge in [0.2, 0.25) is 5.91 Å². The Balaban J connectivity index is 1.44. The third-order valence-electron chi connectivity index (χ3n) is 5.52. The average molecular weight is 533 g/mol. The lowest BCUT2D eigenvalue weighted by Gasteiger charge is -2.19. The first-order chi connectivity index (χ1) is 17.3. The molecule has 10 nitrogen and oxygen atoms in total. The summed E-state index contributed by atoms with van der Waals surface area (Å²) in [4.78, 5) is 31.2. The Morgan fingerprint density at radius 1 is 1.31 bits per heavy atom. The van der Waals surface area contributed by atoms with Crippen LogP contribution in [0.4, 0.5) is 10.1 Å². The Hall–Kier alpha value is -3.77. The van der Waals surface area contributed by atoms with Crippen molar-refractivity contribution in [1.29, 1.82) is 0 Å². The topological polar surface area (TPSA) is 113 Å². The Kier molecular flexibility index (Phi) is 7.65. The van der Waals surface area contributed by atoms with E-state index in [0.29, 0.717) is 22.1 Å². The van der Waals surface area contributed by atoms with Crippen LogP contribution in [0.5, 0.6) is 11.5 Å². The molecule has 0 spiro atoms. The van der Waals surface area contributed by atoms with Crippen LogP contribution in [-0.4, -0.2) is 68.7 Å². The number of aromatic nitrogens is 3. The number of amides is 2. The molecule has 0 aliphatic carbocycles. The zero-order valence-electron chi connectivity index (χ0n) is 19.3. The van der Waals surface area contributed by atoms with Crippen LogP contribution in [0.2, 0.25) is 5.02 Å². The summed E-state index contributed by atoms with van der Waals surface area (Å²) in [6.45, 7) is -0.287. The number of thiocarbonyl (C=S) groups is 1. The summed E-state index contributed by atoms with van der Waals surface area (Å²) >= 11 is 11.3. The van der Waals surface area contributed by atoms with E-state index in [1.807, 2.05) is 0 Å². The maximum atomic E-state index is 14.9. The van der Waals surface area contributed by atoms with E-state index in [9.17, 15) is 14.0 Å². The molecule has 0 saturated carbocycles. The van der Waals surface area contributed by atoms with Crippen molar-refractivity contribution in [2.24, 2.45) is 0 Å². The number of nitrogens with one attached hydrogen (secondary N) is 2. The summed E-state index contributed by atoms with van der Waals surface area (Å²) in [5.41, 5.74) is 1.04. The van der Waals surface area contributed by atoms with Gasteiger partial charge in [0.25, 0.3) is 5.91 Å². The van der Waals surface area contributed by atoms with E-state index >= 15 is 0 Å². The average Bonchev–Trinajstić information content (AvgIpc) is 3.44. The van der Waals surface area contributed by atoms with Gasteiger partial charge >= 0.3 is 0 Å². The largest absolute Gasteiger partial charge is 0.493 e. The molecule has 2 aromatic carbocycles. The number of likely N-dealkylation sites (N-methyl/N-ethyl adjacent to an activating group) is 1. The molecule has 4 rings (SSSR count). The second-order valence-electron chi connectivity index (χ2n) is 7.93. The number of carbonyl (C=O) groups is 2. The third kappa shape index (κ3) is 5.55. The van der Waals surface area contributed by atoms with E-state index in [1.54, 1.807) is 42.3 Å². The van der Waals surface area contributed by atoms with E-state index in [2.05, 4.69) is 20.5 Å². The Morgan fingerprint density at radius 3 is 2.72 bits per heavy atom. The number of ether oxygens (including phenoxy) is 2. The number of rotatable bonds is 9. The van der Waals surface area contributed by atoms with Crippen LogP contribution in [0.3, 0.4) is 0 Å². The smallest absolute Gasteiger partial charge is 0.252 e. The standard InChI is InChI=1S/C23H22ClFN6O4S/c1-30-17(22(33)31(23(30)36)10-20(32)28-15-5-3-14(24)4-6-15)8-13-7-16(25)21(18(9-13)34-2)35-11-19-26-12-27-29-19/h3-7,9,12,17H,8,10-11H2,1-2H3,(H,28,32)(H,26,27,29).